The van der Waals surface area contributed by atoms with E-state index in [1.807, 2.05) is 0 Å². The highest BCUT2D eigenvalue weighted by Crippen LogP contribution is 2.27. The molecule has 1 aromatic carbocycles. The van der Waals surface area contributed by atoms with Crippen LogP contribution in [0.3, 0.4) is 0 Å². The first-order chi connectivity index (χ1) is 14.4. The topological polar surface area (TPSA) is 70.0 Å². The first-order valence-corrected chi connectivity index (χ1v) is 11.9. The molecule has 0 spiro atoms. The Morgan fingerprint density at radius 3 is 2.00 bits per heavy atom. The normalized spacial score (nSPS) is 12.4. The Morgan fingerprint density at radius 2 is 1.53 bits per heavy atom. The third-order valence-corrected chi connectivity index (χ3v) is 6.57. The second kappa shape index (κ2) is 8.45. The van der Waals surface area contributed by atoms with Crippen molar-refractivity contribution in [1.29, 1.82) is 0 Å². The van der Waals surface area contributed by atoms with Crippen LogP contribution in [0.15, 0.2) is 27.8 Å². The van der Waals surface area contributed by atoms with Gasteiger partial charge in [-0.25, -0.2) is 22.8 Å². The van der Waals surface area contributed by atoms with E-state index in [0.717, 1.165) is 0 Å². The quantitative estimate of drug-likeness (QED) is 0.313. The minimum Gasteiger partial charge on any atom is -0.335 e. The van der Waals surface area contributed by atoms with E-state index in [0.29, 0.717) is 12.1 Å². The molecule has 2 aromatic rings. The molecule has 0 amide bonds. The van der Waals surface area contributed by atoms with Crippen LogP contribution >= 0.6 is 0 Å². The summed E-state index contributed by atoms with van der Waals surface area (Å²) in [5.74, 6) is 4.49. The lowest BCUT2D eigenvalue weighted by Gasteiger charge is -2.16. The van der Waals surface area contributed by atoms with Gasteiger partial charge in [-0.1, -0.05) is 19.0 Å². The third-order valence-electron chi connectivity index (χ3n) is 4.27. The number of nitrogens with two attached hydrogens (primary N) is 1. The van der Waals surface area contributed by atoms with E-state index in [1.54, 1.807) is 0 Å². The van der Waals surface area contributed by atoms with Crippen molar-refractivity contribution in [2.45, 2.75) is 37.9 Å². The second-order valence-electron chi connectivity index (χ2n) is 7.39. The lowest BCUT2D eigenvalue weighted by Crippen LogP contribution is -2.45. The number of halogens is 8. The SMILES string of the molecule is C[Si](C)(C#Cc1c(F)cc(-n2c(=O)cc(C(F)(F)F)n(N)c2=O)cc1F)CCC(F)(F)F. The minimum absolute atomic E-state index is 0.0142. The number of aromatic nitrogens is 2. The molecule has 0 aliphatic heterocycles. The van der Waals surface area contributed by atoms with Crippen molar-refractivity contribution in [2.75, 3.05) is 5.84 Å². The van der Waals surface area contributed by atoms with Crippen molar-refractivity contribution < 1.29 is 35.1 Å². The molecule has 0 aliphatic rings. The van der Waals surface area contributed by atoms with Gasteiger partial charge in [-0.15, -0.1) is 5.54 Å². The maximum absolute atomic E-state index is 14.4. The molecule has 0 aliphatic carbocycles. The van der Waals surface area contributed by atoms with Crippen molar-refractivity contribution in [3.63, 3.8) is 0 Å². The number of benzene rings is 1. The lowest BCUT2D eigenvalue weighted by atomic mass is 10.2. The summed E-state index contributed by atoms with van der Waals surface area (Å²) in [6.07, 6.45) is -10.6. The lowest BCUT2D eigenvalue weighted by molar-refractivity contribution is -0.143. The molecule has 0 unspecified atom stereocenters. The summed E-state index contributed by atoms with van der Waals surface area (Å²) >= 11 is 0. The molecule has 2 rings (SSSR count). The summed E-state index contributed by atoms with van der Waals surface area (Å²) < 4.78 is 104. The number of rotatable bonds is 3. The van der Waals surface area contributed by atoms with Gasteiger partial charge < -0.3 is 5.84 Å². The molecule has 32 heavy (non-hydrogen) atoms. The molecule has 0 saturated carbocycles. The molecule has 0 fully saturated rings. The van der Waals surface area contributed by atoms with E-state index in [-0.39, 0.29) is 21.4 Å². The predicted octanol–water partition coefficient (Wildman–Crippen LogP) is 3.56. The number of hydrogen-bond acceptors (Lipinski definition) is 3. The predicted molar refractivity (Wildman–Crippen MR) is 101 cm³/mol. The zero-order valence-corrected chi connectivity index (χ0v) is 17.5. The standard InChI is InChI=1S/C18H15F8N3O2Si/c1-32(2,6-4-17(21,22)23)5-3-11-12(19)7-10(8-13(11)20)28-15(30)9-14(18(24,25)26)29(27)16(28)31/h7-9H,4,6,27H2,1-2H3. The van der Waals surface area contributed by atoms with Gasteiger partial charge in [-0.2, -0.15) is 26.3 Å². The fourth-order valence-electron chi connectivity index (χ4n) is 2.57. The van der Waals surface area contributed by atoms with Gasteiger partial charge in [0.25, 0.3) is 5.56 Å². The molecule has 0 bridgehead atoms. The summed E-state index contributed by atoms with van der Waals surface area (Å²) in [7, 11) is -2.81. The molecule has 0 atom stereocenters. The highest BCUT2D eigenvalue weighted by molar-refractivity contribution is 6.85. The number of nitrogen functional groups attached to an aromatic ring is 1. The Hall–Kier alpha value is -3.08. The van der Waals surface area contributed by atoms with Crippen LogP contribution in [0.5, 0.6) is 0 Å². The van der Waals surface area contributed by atoms with Gasteiger partial charge in [0, 0.05) is 12.5 Å². The van der Waals surface area contributed by atoms with Crippen molar-refractivity contribution >= 4 is 8.07 Å². The van der Waals surface area contributed by atoms with E-state index in [2.05, 4.69) is 11.5 Å². The highest BCUT2D eigenvalue weighted by atomic mass is 28.3. The van der Waals surface area contributed by atoms with Crippen LogP contribution in [0.1, 0.15) is 17.7 Å². The second-order valence-corrected chi connectivity index (χ2v) is 11.9. The van der Waals surface area contributed by atoms with E-state index in [4.69, 9.17) is 5.84 Å². The maximum Gasteiger partial charge on any atom is 0.433 e. The average Bonchev–Trinajstić information content (AvgIpc) is 2.61. The van der Waals surface area contributed by atoms with E-state index in [1.165, 1.54) is 13.1 Å². The first-order valence-electron chi connectivity index (χ1n) is 8.74. The summed E-state index contributed by atoms with van der Waals surface area (Å²) in [5.41, 5.74) is -4.11. The molecular formula is C18H15F8N3O2Si. The molecule has 174 valence electrons. The zero-order valence-electron chi connectivity index (χ0n) is 16.5. The van der Waals surface area contributed by atoms with Crippen molar-refractivity contribution in [2.24, 2.45) is 0 Å². The largest absolute Gasteiger partial charge is 0.433 e. The molecule has 0 radical (unpaired) electrons. The monoisotopic (exact) mass is 485 g/mol. The summed E-state index contributed by atoms with van der Waals surface area (Å²) in [6, 6.07) is 0.641. The van der Waals surface area contributed by atoms with Gasteiger partial charge in [0.15, 0.2) is 5.69 Å². The first kappa shape index (κ1) is 25.2. The number of hydrogen-bond donors (Lipinski definition) is 1. The highest BCUT2D eigenvalue weighted by Gasteiger charge is 2.36. The summed E-state index contributed by atoms with van der Waals surface area (Å²) in [4.78, 5) is 24.1. The van der Waals surface area contributed by atoms with E-state index < -0.39 is 66.7 Å². The van der Waals surface area contributed by atoms with Crippen LogP contribution in [0.2, 0.25) is 19.1 Å². The van der Waals surface area contributed by atoms with Gasteiger partial charge in [0.1, 0.15) is 19.7 Å². The van der Waals surface area contributed by atoms with Crippen LogP contribution < -0.4 is 17.1 Å². The van der Waals surface area contributed by atoms with Crippen LogP contribution in [-0.4, -0.2) is 23.5 Å². The fourth-order valence-corrected chi connectivity index (χ4v) is 4.07. The van der Waals surface area contributed by atoms with Gasteiger partial charge in [0.05, 0.1) is 11.3 Å². The van der Waals surface area contributed by atoms with Crippen LogP contribution in [0.4, 0.5) is 35.1 Å². The van der Waals surface area contributed by atoms with Gasteiger partial charge >= 0.3 is 18.0 Å². The molecule has 5 nitrogen and oxygen atoms in total. The zero-order chi connectivity index (χ0) is 24.6. The Labute approximate surface area is 176 Å². The number of alkyl halides is 6. The average molecular weight is 485 g/mol. The Kier molecular flexibility index (Phi) is 6.65. The third kappa shape index (κ3) is 5.78. The molecule has 1 aromatic heterocycles. The van der Waals surface area contributed by atoms with Gasteiger partial charge in [0.2, 0.25) is 0 Å². The summed E-state index contributed by atoms with van der Waals surface area (Å²) in [6.45, 7) is 2.95. The van der Waals surface area contributed by atoms with Crippen molar-refractivity contribution in [1.82, 2.24) is 9.24 Å². The molecule has 1 heterocycles. The maximum atomic E-state index is 14.4. The molecule has 14 heteroatoms. The fraction of sp³-hybridized carbons (Fsp3) is 0.333. The Morgan fingerprint density at radius 1 is 1.00 bits per heavy atom. The Balaban J connectivity index is 2.52. The Bertz CT molecular complexity index is 1190. The van der Waals surface area contributed by atoms with Gasteiger partial charge in [-0.05, 0) is 18.2 Å². The minimum atomic E-state index is -5.13. The van der Waals surface area contributed by atoms with Crippen molar-refractivity contribution in [3.05, 3.63) is 61.9 Å². The summed E-state index contributed by atoms with van der Waals surface area (Å²) in [5, 5.41) is 0. The molecule has 0 saturated heterocycles. The molecule has 2 N–H and O–H groups in total. The van der Waals surface area contributed by atoms with E-state index >= 15 is 0 Å². The van der Waals surface area contributed by atoms with E-state index in [9.17, 15) is 44.7 Å². The van der Waals surface area contributed by atoms with Gasteiger partial charge in [-0.3, -0.25) is 4.79 Å². The van der Waals surface area contributed by atoms with Crippen LogP contribution in [0.25, 0.3) is 5.69 Å². The van der Waals surface area contributed by atoms with Crippen molar-refractivity contribution in [3.8, 4) is 17.2 Å². The van der Waals surface area contributed by atoms with Crippen LogP contribution in [0, 0.1) is 23.1 Å². The smallest absolute Gasteiger partial charge is 0.335 e. The molecular weight excluding hydrogens is 470 g/mol. The number of nitrogens with zero attached hydrogens (tertiary/aromatic N) is 2. The van der Waals surface area contributed by atoms with Crippen LogP contribution in [-0.2, 0) is 6.18 Å².